The standard InChI is InChI=1S/C14H9N3/c15-8-14-13(11-4-2-1-3-5-11)7-6-12-9-16-10-17(12)14/h1-7,9-10H. The molecule has 17 heavy (non-hydrogen) atoms. The van der Waals surface area contributed by atoms with Crippen molar-refractivity contribution in [1.29, 1.82) is 5.26 Å². The molecule has 80 valence electrons. The number of rotatable bonds is 1. The van der Waals surface area contributed by atoms with Crippen LogP contribution in [0.15, 0.2) is 55.0 Å². The van der Waals surface area contributed by atoms with E-state index in [1.807, 2.05) is 46.9 Å². The van der Waals surface area contributed by atoms with Gasteiger partial charge in [-0.15, -0.1) is 0 Å². The summed E-state index contributed by atoms with van der Waals surface area (Å²) in [4.78, 5) is 4.06. The van der Waals surface area contributed by atoms with Gasteiger partial charge in [0.2, 0.25) is 0 Å². The minimum Gasteiger partial charge on any atom is -0.290 e. The number of hydrogen-bond donors (Lipinski definition) is 0. The smallest absolute Gasteiger partial charge is 0.133 e. The van der Waals surface area contributed by atoms with Crippen molar-refractivity contribution in [3.05, 3.63) is 60.7 Å². The Morgan fingerprint density at radius 2 is 1.88 bits per heavy atom. The fraction of sp³-hybridized carbons (Fsp3) is 0. The zero-order valence-corrected chi connectivity index (χ0v) is 9.04. The van der Waals surface area contributed by atoms with Crippen LogP contribution in [0, 0.1) is 11.3 Å². The first kappa shape index (κ1) is 9.61. The van der Waals surface area contributed by atoms with E-state index in [0.29, 0.717) is 5.69 Å². The highest BCUT2D eigenvalue weighted by atomic mass is 15.0. The third-order valence-electron chi connectivity index (χ3n) is 2.77. The van der Waals surface area contributed by atoms with Gasteiger partial charge in [0, 0.05) is 5.56 Å². The molecule has 3 aromatic rings. The summed E-state index contributed by atoms with van der Waals surface area (Å²) in [7, 11) is 0. The van der Waals surface area contributed by atoms with Crippen molar-refractivity contribution in [1.82, 2.24) is 9.38 Å². The van der Waals surface area contributed by atoms with Crippen molar-refractivity contribution in [3.63, 3.8) is 0 Å². The fourth-order valence-electron chi connectivity index (χ4n) is 1.96. The van der Waals surface area contributed by atoms with E-state index in [9.17, 15) is 5.26 Å². The Kier molecular flexibility index (Phi) is 2.13. The predicted molar refractivity (Wildman–Crippen MR) is 65.3 cm³/mol. The molecule has 2 aromatic heterocycles. The number of nitriles is 1. The summed E-state index contributed by atoms with van der Waals surface area (Å²) in [5, 5.41) is 9.30. The van der Waals surface area contributed by atoms with Gasteiger partial charge in [0.05, 0.1) is 11.7 Å². The minimum absolute atomic E-state index is 0.617. The lowest BCUT2D eigenvalue weighted by Gasteiger charge is -2.06. The molecule has 2 heterocycles. The predicted octanol–water partition coefficient (Wildman–Crippen LogP) is 2.87. The molecule has 0 spiro atoms. The summed E-state index contributed by atoms with van der Waals surface area (Å²) in [6, 6.07) is 16.1. The molecule has 0 bridgehead atoms. The van der Waals surface area contributed by atoms with Crippen LogP contribution < -0.4 is 0 Å². The van der Waals surface area contributed by atoms with Gasteiger partial charge in [-0.1, -0.05) is 30.3 Å². The van der Waals surface area contributed by atoms with E-state index in [4.69, 9.17) is 0 Å². The monoisotopic (exact) mass is 219 g/mol. The van der Waals surface area contributed by atoms with E-state index < -0.39 is 0 Å². The lowest BCUT2D eigenvalue weighted by molar-refractivity contribution is 1.12. The number of nitrogens with zero attached hydrogens (tertiary/aromatic N) is 3. The highest BCUT2D eigenvalue weighted by Crippen LogP contribution is 2.24. The average Bonchev–Trinajstić information content (AvgIpc) is 2.86. The van der Waals surface area contributed by atoms with Gasteiger partial charge in [0.15, 0.2) is 0 Å². The molecule has 0 fully saturated rings. The first-order valence-corrected chi connectivity index (χ1v) is 5.31. The molecule has 0 radical (unpaired) electrons. The van der Waals surface area contributed by atoms with Gasteiger partial charge in [-0.05, 0) is 17.7 Å². The SMILES string of the molecule is N#Cc1c(-c2ccccc2)ccc2cncn12. The van der Waals surface area contributed by atoms with Crippen LogP contribution in [0.5, 0.6) is 0 Å². The van der Waals surface area contributed by atoms with Gasteiger partial charge < -0.3 is 0 Å². The van der Waals surface area contributed by atoms with E-state index in [1.54, 1.807) is 12.5 Å². The molecule has 0 atom stereocenters. The lowest BCUT2D eigenvalue weighted by atomic mass is 10.0. The fourth-order valence-corrected chi connectivity index (χ4v) is 1.96. The maximum absolute atomic E-state index is 9.30. The summed E-state index contributed by atoms with van der Waals surface area (Å²) in [6.45, 7) is 0. The number of hydrogen-bond acceptors (Lipinski definition) is 2. The molecule has 0 amide bonds. The maximum Gasteiger partial charge on any atom is 0.133 e. The van der Waals surface area contributed by atoms with Crippen molar-refractivity contribution in [2.75, 3.05) is 0 Å². The first-order valence-electron chi connectivity index (χ1n) is 5.31. The molecule has 1 aromatic carbocycles. The summed E-state index contributed by atoms with van der Waals surface area (Å²) in [6.07, 6.45) is 3.41. The second kappa shape index (κ2) is 3.76. The Bertz CT molecular complexity index is 705. The quantitative estimate of drug-likeness (QED) is 0.631. The van der Waals surface area contributed by atoms with Crippen molar-refractivity contribution in [2.45, 2.75) is 0 Å². The number of pyridine rings is 1. The van der Waals surface area contributed by atoms with Crippen LogP contribution in [0.1, 0.15) is 5.69 Å². The number of fused-ring (bicyclic) bond motifs is 1. The summed E-state index contributed by atoms with van der Waals surface area (Å²) in [5.41, 5.74) is 3.52. The van der Waals surface area contributed by atoms with Crippen molar-refractivity contribution >= 4 is 5.52 Å². The normalized spacial score (nSPS) is 10.3. The summed E-state index contributed by atoms with van der Waals surface area (Å²) < 4.78 is 1.81. The van der Waals surface area contributed by atoms with Crippen LogP contribution in [0.3, 0.4) is 0 Å². The van der Waals surface area contributed by atoms with Crippen LogP contribution in [0.25, 0.3) is 16.6 Å². The number of aromatic nitrogens is 2. The van der Waals surface area contributed by atoms with Crippen LogP contribution in [0.4, 0.5) is 0 Å². The van der Waals surface area contributed by atoms with Crippen molar-refractivity contribution < 1.29 is 0 Å². The molecular formula is C14H9N3. The Morgan fingerprint density at radius 1 is 1.06 bits per heavy atom. The van der Waals surface area contributed by atoms with Crippen LogP contribution >= 0.6 is 0 Å². The summed E-state index contributed by atoms with van der Waals surface area (Å²) in [5.74, 6) is 0. The number of imidazole rings is 1. The molecule has 0 N–H and O–H groups in total. The van der Waals surface area contributed by atoms with Gasteiger partial charge in [-0.25, -0.2) is 4.98 Å². The van der Waals surface area contributed by atoms with Gasteiger partial charge in [-0.3, -0.25) is 4.40 Å². The highest BCUT2D eigenvalue weighted by Gasteiger charge is 2.08. The zero-order valence-electron chi connectivity index (χ0n) is 9.04. The van der Waals surface area contributed by atoms with Crippen molar-refractivity contribution in [2.24, 2.45) is 0 Å². The minimum atomic E-state index is 0.617. The Hall–Kier alpha value is -2.60. The maximum atomic E-state index is 9.30. The molecule has 3 rings (SSSR count). The van der Waals surface area contributed by atoms with E-state index in [2.05, 4.69) is 11.1 Å². The highest BCUT2D eigenvalue weighted by molar-refractivity contribution is 5.71. The summed E-state index contributed by atoms with van der Waals surface area (Å²) >= 11 is 0. The molecule has 0 aliphatic carbocycles. The van der Waals surface area contributed by atoms with E-state index in [0.717, 1.165) is 16.6 Å². The number of benzene rings is 1. The second-order valence-electron chi connectivity index (χ2n) is 3.76. The van der Waals surface area contributed by atoms with Crippen molar-refractivity contribution in [3.8, 4) is 17.2 Å². The molecule has 0 unspecified atom stereocenters. The topological polar surface area (TPSA) is 41.1 Å². The lowest BCUT2D eigenvalue weighted by Crippen LogP contribution is -1.94. The van der Waals surface area contributed by atoms with Gasteiger partial charge in [-0.2, -0.15) is 5.26 Å². The van der Waals surface area contributed by atoms with Gasteiger partial charge in [0.1, 0.15) is 18.1 Å². The van der Waals surface area contributed by atoms with E-state index in [1.165, 1.54) is 0 Å². The molecule has 0 aliphatic heterocycles. The van der Waals surface area contributed by atoms with Gasteiger partial charge in [0.25, 0.3) is 0 Å². The zero-order chi connectivity index (χ0) is 11.7. The Labute approximate surface area is 98.6 Å². The second-order valence-corrected chi connectivity index (χ2v) is 3.76. The molecular weight excluding hydrogens is 210 g/mol. The molecule has 3 heteroatoms. The third kappa shape index (κ3) is 1.47. The molecule has 0 saturated carbocycles. The molecule has 0 aliphatic rings. The van der Waals surface area contributed by atoms with E-state index >= 15 is 0 Å². The molecule has 0 saturated heterocycles. The third-order valence-corrected chi connectivity index (χ3v) is 2.77. The average molecular weight is 219 g/mol. The van der Waals surface area contributed by atoms with Crippen LogP contribution in [0.2, 0.25) is 0 Å². The largest absolute Gasteiger partial charge is 0.290 e. The molecule has 3 nitrogen and oxygen atoms in total. The Balaban J connectivity index is 2.34. The van der Waals surface area contributed by atoms with Gasteiger partial charge >= 0.3 is 0 Å². The van der Waals surface area contributed by atoms with E-state index in [-0.39, 0.29) is 0 Å². The van der Waals surface area contributed by atoms with Crippen LogP contribution in [-0.2, 0) is 0 Å². The first-order chi connectivity index (χ1) is 8.40. The Morgan fingerprint density at radius 3 is 2.65 bits per heavy atom. The van der Waals surface area contributed by atoms with Crippen LogP contribution in [-0.4, -0.2) is 9.38 Å².